The second-order valence-corrected chi connectivity index (χ2v) is 6.74. The van der Waals surface area contributed by atoms with Crippen LogP contribution in [0.25, 0.3) is 5.70 Å². The number of aromatic nitrogens is 2. The van der Waals surface area contributed by atoms with Gasteiger partial charge in [-0.15, -0.1) is 0 Å². The van der Waals surface area contributed by atoms with Gasteiger partial charge in [-0.05, 0) is 57.0 Å². The van der Waals surface area contributed by atoms with Crippen molar-refractivity contribution >= 4 is 11.5 Å². The Bertz CT molecular complexity index is 891. The molecule has 0 amide bonds. The Labute approximate surface area is 167 Å². The van der Waals surface area contributed by atoms with Crippen molar-refractivity contribution in [1.29, 1.82) is 0 Å². The minimum atomic E-state index is 0.0660. The zero-order chi connectivity index (χ0) is 20.7. The van der Waals surface area contributed by atoms with E-state index in [0.29, 0.717) is 23.6 Å². The third-order valence-electron chi connectivity index (χ3n) is 4.64. The largest absolute Gasteiger partial charge is 0.493 e. The number of hydrogen-bond acceptors (Lipinski definition) is 4. The quantitative estimate of drug-likeness (QED) is 0.428. The topological polar surface area (TPSA) is 53.4 Å². The zero-order valence-corrected chi connectivity index (χ0v) is 17.7. The van der Waals surface area contributed by atoms with E-state index in [0.717, 1.165) is 29.8 Å². The van der Waals surface area contributed by atoms with Crippen LogP contribution in [-0.2, 0) is 0 Å². The van der Waals surface area contributed by atoms with Crippen molar-refractivity contribution in [2.24, 2.45) is 0 Å². The van der Waals surface area contributed by atoms with Crippen molar-refractivity contribution < 1.29 is 14.3 Å². The molecule has 0 N–H and O–H groups in total. The van der Waals surface area contributed by atoms with Gasteiger partial charge in [0, 0.05) is 17.7 Å². The highest BCUT2D eigenvalue weighted by molar-refractivity contribution is 5.94. The average molecular weight is 383 g/mol. The third kappa shape index (κ3) is 4.91. The number of rotatable bonds is 9. The van der Waals surface area contributed by atoms with Crippen LogP contribution in [-0.4, -0.2) is 29.8 Å². The Morgan fingerprint density at radius 3 is 2.43 bits per heavy atom. The highest BCUT2D eigenvalue weighted by atomic mass is 16.5. The van der Waals surface area contributed by atoms with Crippen molar-refractivity contribution in [3.05, 3.63) is 58.9 Å². The maximum atomic E-state index is 12.3. The van der Waals surface area contributed by atoms with Crippen LogP contribution in [0.15, 0.2) is 42.0 Å². The van der Waals surface area contributed by atoms with E-state index in [1.807, 2.05) is 48.9 Å². The number of ether oxygens (including phenoxy) is 2. The molecule has 0 atom stereocenters. The van der Waals surface area contributed by atoms with E-state index in [1.165, 1.54) is 5.57 Å². The van der Waals surface area contributed by atoms with Crippen LogP contribution in [0.2, 0.25) is 0 Å². The van der Waals surface area contributed by atoms with Gasteiger partial charge in [-0.25, -0.2) is 4.68 Å². The van der Waals surface area contributed by atoms with E-state index in [-0.39, 0.29) is 5.78 Å². The van der Waals surface area contributed by atoms with Gasteiger partial charge in [-0.2, -0.15) is 5.10 Å². The Hall–Kier alpha value is -2.82. The molecule has 2 rings (SSSR count). The van der Waals surface area contributed by atoms with Gasteiger partial charge < -0.3 is 9.47 Å². The fourth-order valence-corrected chi connectivity index (χ4v) is 2.83. The molecule has 28 heavy (non-hydrogen) atoms. The van der Waals surface area contributed by atoms with Crippen LogP contribution in [0.3, 0.4) is 0 Å². The number of nitrogens with zero attached hydrogens (tertiary/aromatic N) is 2. The van der Waals surface area contributed by atoms with Gasteiger partial charge in [0.1, 0.15) is 5.69 Å². The summed E-state index contributed by atoms with van der Waals surface area (Å²) in [6, 6.07) is 7.62. The molecule has 0 bridgehead atoms. The van der Waals surface area contributed by atoms with E-state index < -0.39 is 0 Å². The molecule has 0 saturated heterocycles. The molecule has 0 radical (unpaired) electrons. The average Bonchev–Trinajstić information content (AvgIpc) is 3.09. The molecular weight excluding hydrogens is 352 g/mol. The summed E-state index contributed by atoms with van der Waals surface area (Å²) in [5.41, 5.74) is 4.47. The predicted molar refractivity (Wildman–Crippen MR) is 113 cm³/mol. The summed E-state index contributed by atoms with van der Waals surface area (Å²) in [6.07, 6.45) is 6.39. The van der Waals surface area contributed by atoms with Gasteiger partial charge in [-0.3, -0.25) is 4.79 Å². The molecular formula is C23H30N2O3. The lowest BCUT2D eigenvalue weighted by Crippen LogP contribution is -2.06. The van der Waals surface area contributed by atoms with Crippen LogP contribution >= 0.6 is 0 Å². The van der Waals surface area contributed by atoms with Crippen molar-refractivity contribution in [3.8, 4) is 11.5 Å². The van der Waals surface area contributed by atoms with E-state index >= 15 is 0 Å². The Kier molecular flexibility index (Phi) is 7.61. The maximum absolute atomic E-state index is 12.3. The second kappa shape index (κ2) is 9.93. The summed E-state index contributed by atoms with van der Waals surface area (Å²) in [5.74, 6) is 1.38. The summed E-state index contributed by atoms with van der Waals surface area (Å²) in [4.78, 5) is 12.3. The summed E-state index contributed by atoms with van der Waals surface area (Å²) in [7, 11) is 3.23. The molecule has 5 heteroatoms. The predicted octanol–water partition coefficient (Wildman–Crippen LogP) is 5.44. The lowest BCUT2D eigenvalue weighted by atomic mass is 10.1. The van der Waals surface area contributed by atoms with Crippen molar-refractivity contribution in [2.45, 2.75) is 47.0 Å². The second-order valence-electron chi connectivity index (χ2n) is 6.74. The van der Waals surface area contributed by atoms with Crippen LogP contribution in [0, 0.1) is 6.92 Å². The first-order valence-electron chi connectivity index (χ1n) is 9.65. The molecule has 0 saturated carbocycles. The fraction of sp³-hybridized carbons (Fsp3) is 0.391. The molecule has 0 aliphatic carbocycles. The molecule has 5 nitrogen and oxygen atoms in total. The monoisotopic (exact) mass is 382 g/mol. The van der Waals surface area contributed by atoms with Crippen LogP contribution in [0.1, 0.15) is 61.8 Å². The normalized spacial score (nSPS) is 12.2. The SMILES string of the molecule is CCCC(=O)c1cc(C)n(/C(=C\C=C(C)CC)c2ccc(OC)c(OC)c2)n1. The number of aryl methyl sites for hydroxylation is 1. The summed E-state index contributed by atoms with van der Waals surface area (Å²) < 4.78 is 12.6. The minimum absolute atomic E-state index is 0.0660. The number of Topliss-reactive ketones (excluding diaryl/α,β-unsaturated/α-hetero) is 1. The van der Waals surface area contributed by atoms with Gasteiger partial charge in [0.05, 0.1) is 19.9 Å². The van der Waals surface area contributed by atoms with Crippen LogP contribution in [0.5, 0.6) is 11.5 Å². The van der Waals surface area contributed by atoms with Crippen molar-refractivity contribution in [1.82, 2.24) is 9.78 Å². The minimum Gasteiger partial charge on any atom is -0.493 e. The van der Waals surface area contributed by atoms with Gasteiger partial charge in [0.2, 0.25) is 0 Å². The van der Waals surface area contributed by atoms with Gasteiger partial charge in [0.15, 0.2) is 17.3 Å². The van der Waals surface area contributed by atoms with Crippen LogP contribution < -0.4 is 9.47 Å². The highest BCUT2D eigenvalue weighted by Gasteiger charge is 2.16. The first kappa shape index (κ1) is 21.5. The number of benzene rings is 1. The Morgan fingerprint density at radius 1 is 1.11 bits per heavy atom. The summed E-state index contributed by atoms with van der Waals surface area (Å²) in [5, 5.41) is 4.60. The standard InChI is InChI=1S/C23H30N2O3/c1-7-9-21(26)19-14-17(4)25(24-19)20(12-10-16(3)8-2)18-11-13-22(27-5)23(15-18)28-6/h10-15H,7-9H2,1-6H3/b16-10?,20-12-. The Balaban J connectivity index is 2.60. The lowest BCUT2D eigenvalue weighted by molar-refractivity contribution is 0.0976. The zero-order valence-electron chi connectivity index (χ0n) is 17.7. The maximum Gasteiger partial charge on any atom is 0.183 e. The van der Waals surface area contributed by atoms with Crippen molar-refractivity contribution in [2.75, 3.05) is 14.2 Å². The lowest BCUT2D eigenvalue weighted by Gasteiger charge is -2.13. The fourth-order valence-electron chi connectivity index (χ4n) is 2.83. The third-order valence-corrected chi connectivity index (χ3v) is 4.64. The Morgan fingerprint density at radius 2 is 1.82 bits per heavy atom. The molecule has 1 aromatic heterocycles. The van der Waals surface area contributed by atoms with E-state index in [2.05, 4.69) is 25.0 Å². The first-order valence-corrected chi connectivity index (χ1v) is 9.65. The smallest absolute Gasteiger partial charge is 0.183 e. The van der Waals surface area contributed by atoms with E-state index in [9.17, 15) is 4.79 Å². The molecule has 2 aromatic rings. The van der Waals surface area contributed by atoms with Gasteiger partial charge in [0.25, 0.3) is 0 Å². The van der Waals surface area contributed by atoms with E-state index in [1.54, 1.807) is 14.2 Å². The van der Waals surface area contributed by atoms with E-state index in [4.69, 9.17) is 9.47 Å². The van der Waals surface area contributed by atoms with Gasteiger partial charge in [-0.1, -0.05) is 25.5 Å². The molecule has 1 aromatic carbocycles. The molecule has 1 heterocycles. The number of carbonyl (C=O) groups excluding carboxylic acids is 1. The molecule has 150 valence electrons. The molecule has 0 aliphatic rings. The number of allylic oxidation sites excluding steroid dienone is 3. The first-order chi connectivity index (χ1) is 13.4. The molecule has 0 spiro atoms. The number of carbonyl (C=O) groups is 1. The number of hydrogen-bond donors (Lipinski definition) is 0. The molecule has 0 aliphatic heterocycles. The summed E-state index contributed by atoms with van der Waals surface area (Å²) >= 11 is 0. The van der Waals surface area contributed by atoms with Crippen LogP contribution in [0.4, 0.5) is 0 Å². The van der Waals surface area contributed by atoms with Gasteiger partial charge >= 0.3 is 0 Å². The molecule has 0 unspecified atom stereocenters. The van der Waals surface area contributed by atoms with Crippen molar-refractivity contribution in [3.63, 3.8) is 0 Å². The molecule has 0 fully saturated rings. The highest BCUT2D eigenvalue weighted by Crippen LogP contribution is 2.31. The number of methoxy groups -OCH3 is 2. The number of ketones is 1. The summed E-state index contributed by atoms with van der Waals surface area (Å²) in [6.45, 7) is 8.17.